The Morgan fingerprint density at radius 1 is 0.526 bits per heavy atom. The molecule has 5 nitrogen and oxygen atoms in total. The molecule has 0 spiro atoms. The predicted octanol–water partition coefficient (Wildman–Crippen LogP) is 7.95. The quantitative estimate of drug-likeness (QED) is 0.206. The molecule has 0 saturated heterocycles. The monoisotopic (exact) mass is 532 g/mol. The van der Waals surface area contributed by atoms with Crippen LogP contribution in [0.3, 0.4) is 0 Å². The molecule has 5 rings (SSSR count). The molecule has 1 heterocycles. The van der Waals surface area contributed by atoms with Crippen molar-refractivity contribution in [2.45, 2.75) is 17.8 Å². The third-order valence-corrected chi connectivity index (χ3v) is 6.02. The van der Waals surface area contributed by atoms with Crippen molar-refractivity contribution in [1.29, 1.82) is 0 Å². The molecule has 0 fully saturated rings. The Kier molecular flexibility index (Phi) is 5.81. The molecule has 0 radical (unpaired) electrons. The summed E-state index contributed by atoms with van der Waals surface area (Å²) in [4.78, 5) is 0. The van der Waals surface area contributed by atoms with Crippen molar-refractivity contribution in [3.8, 4) is 34.5 Å². The third kappa shape index (κ3) is 4.19. The lowest BCUT2D eigenvalue weighted by Gasteiger charge is -2.42. The summed E-state index contributed by atoms with van der Waals surface area (Å²) in [5, 5.41) is 0. The molecule has 0 bridgehead atoms. The van der Waals surface area contributed by atoms with Gasteiger partial charge in [-0.25, -0.2) is 0 Å². The van der Waals surface area contributed by atoms with Gasteiger partial charge in [-0.15, -0.1) is 0 Å². The van der Waals surface area contributed by atoms with Crippen LogP contribution in [-0.2, 0) is 5.41 Å². The summed E-state index contributed by atoms with van der Waals surface area (Å²) in [5.41, 5.74) is 5.57. The van der Waals surface area contributed by atoms with E-state index in [0.717, 1.165) is 24.3 Å². The maximum Gasteiger partial charge on any atom is 0.411 e. The van der Waals surface area contributed by atoms with Crippen molar-refractivity contribution >= 4 is 11.4 Å². The lowest BCUT2D eigenvalue weighted by atomic mass is 9.71. The van der Waals surface area contributed by atoms with Crippen molar-refractivity contribution in [3.05, 3.63) is 96.1 Å². The van der Waals surface area contributed by atoms with Crippen molar-refractivity contribution in [1.82, 2.24) is 0 Å². The largest absolute Gasteiger partial charge is 0.457 e. The summed E-state index contributed by atoms with van der Waals surface area (Å²) < 4.78 is 104. The Labute approximate surface area is 212 Å². The number of alkyl halides is 6. The van der Waals surface area contributed by atoms with Gasteiger partial charge in [-0.05, 0) is 60.7 Å². The van der Waals surface area contributed by atoms with Crippen LogP contribution in [0, 0.1) is 0 Å². The number of hydrogen-bond donors (Lipinski definition) is 2. The van der Waals surface area contributed by atoms with E-state index in [1.165, 1.54) is 48.5 Å². The Morgan fingerprint density at radius 3 is 1.21 bits per heavy atom. The molecular weight excluding hydrogens is 514 g/mol. The maximum absolute atomic E-state index is 14.6. The molecule has 0 aromatic heterocycles. The second kappa shape index (κ2) is 8.79. The van der Waals surface area contributed by atoms with E-state index < -0.39 is 40.4 Å². The second-order valence-electron chi connectivity index (χ2n) is 8.51. The van der Waals surface area contributed by atoms with Gasteiger partial charge in [0.15, 0.2) is 0 Å². The van der Waals surface area contributed by atoms with Gasteiger partial charge in [-0.3, -0.25) is 0 Å². The fourth-order valence-electron chi connectivity index (χ4n) is 4.30. The van der Waals surface area contributed by atoms with Crippen molar-refractivity contribution < 1.29 is 40.6 Å². The third-order valence-electron chi connectivity index (χ3n) is 6.02. The lowest BCUT2D eigenvalue weighted by molar-refractivity contribution is -0.290. The summed E-state index contributed by atoms with van der Waals surface area (Å²) in [6.45, 7) is 0. The zero-order valence-corrected chi connectivity index (χ0v) is 19.2. The number of halogens is 6. The summed E-state index contributed by atoms with van der Waals surface area (Å²) in [6.07, 6.45) is -11.5. The van der Waals surface area contributed by atoms with E-state index in [4.69, 9.17) is 25.7 Å². The highest BCUT2D eigenvalue weighted by Gasteiger charge is 2.75. The van der Waals surface area contributed by atoms with Gasteiger partial charge in [-0.1, -0.05) is 12.1 Å². The first kappa shape index (κ1) is 25.1. The number of fused-ring (bicyclic) bond motifs is 2. The molecule has 0 atom stereocenters. The van der Waals surface area contributed by atoms with Crippen LogP contribution in [0.2, 0.25) is 0 Å². The molecule has 0 amide bonds. The highest BCUT2D eigenvalue weighted by Crippen LogP contribution is 2.63. The molecular formula is C27H18F6N2O3. The minimum Gasteiger partial charge on any atom is -0.457 e. The molecule has 0 aliphatic carbocycles. The van der Waals surface area contributed by atoms with E-state index in [-0.39, 0.29) is 23.0 Å². The first-order valence-electron chi connectivity index (χ1n) is 11.1. The highest BCUT2D eigenvalue weighted by atomic mass is 19.4. The van der Waals surface area contributed by atoms with Gasteiger partial charge in [0.2, 0.25) is 5.41 Å². The van der Waals surface area contributed by atoms with Crippen molar-refractivity contribution in [3.63, 3.8) is 0 Å². The van der Waals surface area contributed by atoms with Crippen LogP contribution in [0.4, 0.5) is 37.7 Å². The molecule has 196 valence electrons. The fraction of sp³-hybridized carbons (Fsp3) is 0.111. The van der Waals surface area contributed by atoms with Crippen LogP contribution in [0.15, 0.2) is 84.9 Å². The zero-order chi connectivity index (χ0) is 27.3. The SMILES string of the molecule is Nc1ccc(Oc2ccc3c(c2)Oc2cc(Oc4ccc(N)cc4)ccc2C3(C(F)(F)F)C(F)(F)F)cc1. The summed E-state index contributed by atoms with van der Waals surface area (Å²) in [7, 11) is 0. The van der Waals surface area contributed by atoms with Gasteiger partial charge in [0, 0.05) is 34.6 Å². The lowest BCUT2D eigenvalue weighted by Crippen LogP contribution is -2.56. The standard InChI is InChI=1S/C27H18F6N2O3/c28-26(29,30)25(27(31,32)33)21-11-9-19(36-17-5-1-15(34)2-6-17)13-23(21)38-24-14-20(10-12-22(24)25)37-18-7-3-16(35)4-8-18/h1-14H,34-35H2. The number of hydrogen-bond acceptors (Lipinski definition) is 5. The van der Waals surface area contributed by atoms with E-state index in [0.29, 0.717) is 23.5 Å². The molecule has 4 N–H and O–H groups in total. The molecule has 38 heavy (non-hydrogen) atoms. The summed E-state index contributed by atoms with van der Waals surface area (Å²) in [5.74, 6) is -0.858. The minimum atomic E-state index is -5.77. The zero-order valence-electron chi connectivity index (χ0n) is 19.2. The summed E-state index contributed by atoms with van der Waals surface area (Å²) >= 11 is 0. The van der Waals surface area contributed by atoms with E-state index in [2.05, 4.69) is 0 Å². The second-order valence-corrected chi connectivity index (χ2v) is 8.51. The maximum atomic E-state index is 14.6. The van der Waals surface area contributed by atoms with E-state index in [1.54, 1.807) is 0 Å². The van der Waals surface area contributed by atoms with Crippen molar-refractivity contribution in [2.24, 2.45) is 0 Å². The smallest absolute Gasteiger partial charge is 0.411 e. The van der Waals surface area contributed by atoms with Crippen LogP contribution in [0.25, 0.3) is 0 Å². The minimum absolute atomic E-state index is 0.0375. The molecule has 1 aliphatic rings. The van der Waals surface area contributed by atoms with Gasteiger partial charge in [0.05, 0.1) is 0 Å². The number of rotatable bonds is 4. The van der Waals surface area contributed by atoms with Crippen LogP contribution in [0.1, 0.15) is 11.1 Å². The highest BCUT2D eigenvalue weighted by molar-refractivity contribution is 5.63. The van der Waals surface area contributed by atoms with E-state index in [9.17, 15) is 26.3 Å². The van der Waals surface area contributed by atoms with Gasteiger partial charge >= 0.3 is 12.4 Å². The molecule has 11 heteroatoms. The first-order valence-corrected chi connectivity index (χ1v) is 11.1. The van der Waals surface area contributed by atoms with Gasteiger partial charge in [-0.2, -0.15) is 26.3 Å². The van der Waals surface area contributed by atoms with Gasteiger partial charge in [0.25, 0.3) is 0 Å². The topological polar surface area (TPSA) is 79.7 Å². The van der Waals surface area contributed by atoms with Gasteiger partial charge in [0.1, 0.15) is 34.5 Å². The number of nitrogen functional groups attached to an aromatic ring is 2. The first-order chi connectivity index (χ1) is 17.9. The average Bonchev–Trinajstić information content (AvgIpc) is 2.83. The molecule has 1 aliphatic heterocycles. The van der Waals surface area contributed by atoms with Crippen LogP contribution < -0.4 is 25.7 Å². The summed E-state index contributed by atoms with van der Waals surface area (Å²) in [6, 6.07) is 17.6. The number of ether oxygens (including phenoxy) is 3. The van der Waals surface area contributed by atoms with E-state index in [1.807, 2.05) is 0 Å². The fourth-order valence-corrected chi connectivity index (χ4v) is 4.30. The van der Waals surface area contributed by atoms with Crippen LogP contribution >= 0.6 is 0 Å². The number of anilines is 2. The Morgan fingerprint density at radius 2 is 0.868 bits per heavy atom. The molecule has 0 saturated carbocycles. The predicted molar refractivity (Wildman–Crippen MR) is 128 cm³/mol. The van der Waals surface area contributed by atoms with Crippen molar-refractivity contribution in [2.75, 3.05) is 11.5 Å². The average molecular weight is 532 g/mol. The van der Waals surface area contributed by atoms with E-state index >= 15 is 0 Å². The normalized spacial score (nSPS) is 14.2. The Bertz CT molecular complexity index is 1370. The van der Waals surface area contributed by atoms with Gasteiger partial charge < -0.3 is 25.7 Å². The molecule has 4 aromatic carbocycles. The number of nitrogens with two attached hydrogens (primary N) is 2. The molecule has 4 aromatic rings. The Balaban J connectivity index is 1.63. The van der Waals surface area contributed by atoms with Crippen LogP contribution in [-0.4, -0.2) is 12.4 Å². The van der Waals surface area contributed by atoms with Crippen LogP contribution in [0.5, 0.6) is 34.5 Å². The Hall–Kier alpha value is -4.54. The number of benzene rings is 4. The molecule has 0 unspecified atom stereocenters.